The number of ketones is 1. The monoisotopic (exact) mass is 806 g/mol. The van der Waals surface area contributed by atoms with Crippen LogP contribution in [0.25, 0.3) is 0 Å². The first-order chi connectivity index (χ1) is 29.3. The van der Waals surface area contributed by atoms with Crippen molar-refractivity contribution in [1.82, 2.24) is 0 Å². The standard InChI is InChI=1S/C48H46N4O8/c1-29(53)10-8-9-15-58-36-17-30(27-59-45-23-39-37(21-43(45)56-2)47(54)51-34(25-49-39)19-32-11-4-6-13-41(32)51)16-31(18-36)28-60-46-24-40-38(22-44(46)57-3)48(55)52-35(26-50-40)20-33-12-5-7-14-42(33)52/h4-7,11-14,16-18,21-25,34-35,50H,8-10,15,19-20,26-28H2,1-3H3/t34-,35-/m0/s1. The molecule has 0 aromatic heterocycles. The summed E-state index contributed by atoms with van der Waals surface area (Å²) in [6.07, 6.45) is 5.29. The van der Waals surface area contributed by atoms with E-state index in [1.54, 1.807) is 44.2 Å². The molecule has 1 N–H and O–H groups in total. The number of aliphatic imine (C=N–C) groups is 1. The van der Waals surface area contributed by atoms with Crippen LogP contribution < -0.4 is 38.8 Å². The topological polar surface area (TPSA) is 128 Å². The van der Waals surface area contributed by atoms with Gasteiger partial charge >= 0.3 is 0 Å². The molecule has 5 aromatic rings. The lowest BCUT2D eigenvalue weighted by atomic mass is 10.1. The van der Waals surface area contributed by atoms with Gasteiger partial charge in [-0.05, 0) is 90.9 Å². The summed E-state index contributed by atoms with van der Waals surface area (Å²) < 4.78 is 30.6. The first kappa shape index (κ1) is 38.7. The summed E-state index contributed by atoms with van der Waals surface area (Å²) in [5, 5.41) is 3.50. The van der Waals surface area contributed by atoms with Crippen molar-refractivity contribution in [2.75, 3.05) is 42.5 Å². The van der Waals surface area contributed by atoms with Gasteiger partial charge in [0.1, 0.15) is 24.7 Å². The number of nitrogens with one attached hydrogen (secondary N) is 1. The molecule has 4 aliphatic heterocycles. The van der Waals surface area contributed by atoms with Crippen LogP contribution in [0.1, 0.15) is 69.2 Å². The highest BCUT2D eigenvalue weighted by atomic mass is 16.5. The molecule has 5 aromatic carbocycles. The second kappa shape index (κ2) is 16.4. The van der Waals surface area contributed by atoms with Crippen molar-refractivity contribution in [2.24, 2.45) is 4.99 Å². The molecule has 2 amide bonds. The maximum absolute atomic E-state index is 14.0. The number of Topliss-reactive ketones (excluding diaryl/α,β-unsaturated/α-hetero) is 1. The maximum Gasteiger partial charge on any atom is 0.261 e. The molecule has 306 valence electrons. The molecule has 12 heteroatoms. The van der Waals surface area contributed by atoms with Gasteiger partial charge in [-0.3, -0.25) is 19.5 Å². The van der Waals surface area contributed by atoms with Crippen LogP contribution in [0.3, 0.4) is 0 Å². The molecule has 0 bridgehead atoms. The van der Waals surface area contributed by atoms with E-state index in [4.69, 9.17) is 28.7 Å². The van der Waals surface area contributed by atoms with E-state index in [-0.39, 0.29) is 42.9 Å². The average Bonchev–Trinajstić information content (AvgIpc) is 3.75. The van der Waals surface area contributed by atoms with Gasteiger partial charge < -0.3 is 38.7 Å². The number of amides is 2. The Morgan fingerprint density at radius 3 is 2.05 bits per heavy atom. The van der Waals surface area contributed by atoms with Crippen molar-refractivity contribution in [3.05, 3.63) is 124 Å². The SMILES string of the molecule is COc1cc2c(cc1OCc1cc(COc3cc4c(cc3OC)C(=O)N3c5ccccc5C[C@H]3CN4)cc(OCCCCC(C)=O)c1)N=C[C@@H]1Cc3ccccc3N1C2=O. The molecule has 2 atom stereocenters. The highest BCUT2D eigenvalue weighted by Crippen LogP contribution is 2.43. The fourth-order valence-corrected chi connectivity index (χ4v) is 8.57. The minimum Gasteiger partial charge on any atom is -0.494 e. The number of nitrogens with zero attached hydrogens (tertiary/aromatic N) is 3. The van der Waals surface area contributed by atoms with Crippen molar-refractivity contribution in [2.45, 2.75) is 64.3 Å². The van der Waals surface area contributed by atoms with Crippen LogP contribution in [0.15, 0.2) is 96.0 Å². The Hall–Kier alpha value is -6.82. The Bertz CT molecular complexity index is 2530. The molecule has 0 saturated carbocycles. The molecular weight excluding hydrogens is 761 g/mol. The zero-order valence-electron chi connectivity index (χ0n) is 33.9. The van der Waals surface area contributed by atoms with Gasteiger partial charge in [0.25, 0.3) is 11.8 Å². The zero-order chi connectivity index (χ0) is 41.3. The lowest BCUT2D eigenvalue weighted by Gasteiger charge is -2.22. The van der Waals surface area contributed by atoms with Gasteiger partial charge in [0.05, 0.1) is 55.4 Å². The van der Waals surface area contributed by atoms with Gasteiger partial charge in [0, 0.05) is 49.1 Å². The molecule has 60 heavy (non-hydrogen) atoms. The fraction of sp³-hybridized carbons (Fsp3) is 0.292. The highest BCUT2D eigenvalue weighted by molar-refractivity contribution is 6.15. The lowest BCUT2D eigenvalue weighted by molar-refractivity contribution is -0.117. The molecule has 0 fully saturated rings. The Morgan fingerprint density at radius 1 is 0.717 bits per heavy atom. The molecule has 0 aliphatic carbocycles. The molecule has 0 spiro atoms. The van der Waals surface area contributed by atoms with E-state index in [2.05, 4.69) is 11.4 Å². The Kier molecular flexibility index (Phi) is 10.6. The summed E-state index contributed by atoms with van der Waals surface area (Å²) in [5.74, 6) is 2.35. The number of ether oxygens (including phenoxy) is 5. The predicted molar refractivity (Wildman–Crippen MR) is 229 cm³/mol. The summed E-state index contributed by atoms with van der Waals surface area (Å²) in [4.78, 5) is 47.9. The van der Waals surface area contributed by atoms with Crippen LogP contribution in [0.5, 0.6) is 28.7 Å². The summed E-state index contributed by atoms with van der Waals surface area (Å²) in [7, 11) is 3.11. The molecule has 4 aliphatic rings. The summed E-state index contributed by atoms with van der Waals surface area (Å²) in [5.41, 5.74) is 7.89. The van der Waals surface area contributed by atoms with Crippen molar-refractivity contribution >= 4 is 46.6 Å². The van der Waals surface area contributed by atoms with Gasteiger partial charge in [-0.1, -0.05) is 36.4 Å². The first-order valence-corrected chi connectivity index (χ1v) is 20.3. The number of methoxy groups -OCH3 is 2. The van der Waals surface area contributed by atoms with E-state index in [1.165, 1.54) is 0 Å². The van der Waals surface area contributed by atoms with Crippen molar-refractivity contribution in [1.29, 1.82) is 0 Å². The van der Waals surface area contributed by atoms with Crippen LogP contribution in [0, 0.1) is 0 Å². The minimum absolute atomic E-state index is 0.000338. The third-order valence-electron chi connectivity index (χ3n) is 11.5. The molecule has 0 radical (unpaired) electrons. The summed E-state index contributed by atoms with van der Waals surface area (Å²) in [6, 6.07) is 28.7. The fourth-order valence-electron chi connectivity index (χ4n) is 8.57. The van der Waals surface area contributed by atoms with Gasteiger partial charge in [0.15, 0.2) is 23.0 Å². The van der Waals surface area contributed by atoms with Crippen LogP contribution in [0.2, 0.25) is 0 Å². The second-order valence-corrected chi connectivity index (χ2v) is 15.5. The van der Waals surface area contributed by atoms with Crippen molar-refractivity contribution in [3.63, 3.8) is 0 Å². The van der Waals surface area contributed by atoms with Gasteiger partial charge in [-0.15, -0.1) is 0 Å². The van der Waals surface area contributed by atoms with E-state index in [1.807, 2.05) is 77.8 Å². The van der Waals surface area contributed by atoms with Crippen LogP contribution >= 0.6 is 0 Å². The summed E-state index contributed by atoms with van der Waals surface area (Å²) >= 11 is 0. The lowest BCUT2D eigenvalue weighted by Crippen LogP contribution is -2.39. The normalized spacial score (nSPS) is 16.9. The third kappa shape index (κ3) is 7.49. The number of hydrogen-bond acceptors (Lipinski definition) is 10. The highest BCUT2D eigenvalue weighted by Gasteiger charge is 2.38. The van der Waals surface area contributed by atoms with Crippen LogP contribution in [-0.2, 0) is 30.8 Å². The minimum atomic E-state index is -0.177. The molecule has 9 rings (SSSR count). The number of hydrogen-bond donors (Lipinski definition) is 1. The van der Waals surface area contributed by atoms with E-state index >= 15 is 0 Å². The Labute approximate surface area is 348 Å². The summed E-state index contributed by atoms with van der Waals surface area (Å²) in [6.45, 7) is 2.95. The number of carbonyl (C=O) groups excluding carboxylic acids is 3. The van der Waals surface area contributed by atoms with Gasteiger partial charge in [-0.25, -0.2) is 0 Å². The maximum atomic E-state index is 14.0. The van der Waals surface area contributed by atoms with E-state index in [0.717, 1.165) is 52.9 Å². The molecule has 0 saturated heterocycles. The van der Waals surface area contributed by atoms with E-state index in [0.29, 0.717) is 77.2 Å². The Morgan fingerprint density at radius 2 is 1.35 bits per heavy atom. The predicted octanol–water partition coefficient (Wildman–Crippen LogP) is 8.28. The van der Waals surface area contributed by atoms with Gasteiger partial charge in [-0.2, -0.15) is 0 Å². The smallest absolute Gasteiger partial charge is 0.261 e. The number of unbranched alkanes of at least 4 members (excludes halogenated alkanes) is 1. The third-order valence-corrected chi connectivity index (χ3v) is 11.5. The Balaban J connectivity index is 0.951. The molecule has 12 nitrogen and oxygen atoms in total. The zero-order valence-corrected chi connectivity index (χ0v) is 33.9. The van der Waals surface area contributed by atoms with Crippen LogP contribution in [-0.4, -0.2) is 63.3 Å². The number of para-hydroxylation sites is 2. The number of fused-ring (bicyclic) bond motifs is 8. The second-order valence-electron chi connectivity index (χ2n) is 15.5. The molecular formula is C48H46N4O8. The van der Waals surface area contributed by atoms with Crippen LogP contribution in [0.4, 0.5) is 22.7 Å². The first-order valence-electron chi connectivity index (χ1n) is 20.3. The largest absolute Gasteiger partial charge is 0.494 e. The van der Waals surface area contributed by atoms with Crippen molar-refractivity contribution in [3.8, 4) is 28.7 Å². The number of carbonyl (C=O) groups is 3. The molecule has 4 heterocycles. The number of anilines is 3. The number of rotatable bonds is 14. The quantitative estimate of drug-likeness (QED) is 0.110. The van der Waals surface area contributed by atoms with Crippen molar-refractivity contribution < 1.29 is 38.1 Å². The van der Waals surface area contributed by atoms with Gasteiger partial charge in [0.2, 0.25) is 0 Å². The number of benzene rings is 5. The van der Waals surface area contributed by atoms with E-state index in [9.17, 15) is 14.4 Å². The van der Waals surface area contributed by atoms with E-state index < -0.39 is 0 Å². The molecule has 0 unspecified atom stereocenters. The average molecular weight is 807 g/mol.